The lowest BCUT2D eigenvalue weighted by Crippen LogP contribution is -2.53. The third-order valence-electron chi connectivity index (χ3n) is 6.38. The van der Waals surface area contributed by atoms with Crippen molar-refractivity contribution in [3.05, 3.63) is 83.9 Å². The van der Waals surface area contributed by atoms with Gasteiger partial charge >= 0.3 is 7.60 Å². The van der Waals surface area contributed by atoms with Crippen LogP contribution in [0.1, 0.15) is 36.4 Å². The van der Waals surface area contributed by atoms with Crippen LogP contribution in [0, 0.1) is 0 Å². The summed E-state index contributed by atoms with van der Waals surface area (Å²) in [6.07, 6.45) is 2.83. The Morgan fingerprint density at radius 3 is 2.47 bits per heavy atom. The standard InChI is InChI=1S/C27H31N2O5PS/c30-26(18-36-19-35(32,33)34)29-15-7-6-12-25(29)27(31)28-24(22-9-2-1-3-10-22)17-20-13-14-21-8-4-5-11-23(21)16-20/h1-5,8-11,13-14,16,24-25H,6-7,12,15,17-19H2,(H,28,31)(H2,32,33,34). The predicted octanol–water partition coefficient (Wildman–Crippen LogP) is 4.49. The summed E-state index contributed by atoms with van der Waals surface area (Å²) < 4.78 is 11.1. The van der Waals surface area contributed by atoms with E-state index in [4.69, 9.17) is 9.79 Å². The number of benzene rings is 3. The van der Waals surface area contributed by atoms with Gasteiger partial charge in [-0.25, -0.2) is 0 Å². The molecule has 4 rings (SSSR count). The maximum atomic E-state index is 13.5. The second-order valence-corrected chi connectivity index (χ2v) is 12.2. The van der Waals surface area contributed by atoms with E-state index in [2.05, 4.69) is 35.6 Å². The molecule has 0 radical (unpaired) electrons. The first-order valence-electron chi connectivity index (χ1n) is 12.0. The van der Waals surface area contributed by atoms with Crippen molar-refractivity contribution in [2.75, 3.05) is 17.8 Å². The summed E-state index contributed by atoms with van der Waals surface area (Å²) in [6, 6.07) is 23.5. The highest BCUT2D eigenvalue weighted by atomic mass is 32.2. The van der Waals surface area contributed by atoms with E-state index in [9.17, 15) is 14.2 Å². The van der Waals surface area contributed by atoms with Gasteiger partial charge < -0.3 is 20.0 Å². The smallest absolute Gasteiger partial charge is 0.335 e. The molecule has 3 N–H and O–H groups in total. The van der Waals surface area contributed by atoms with Crippen LogP contribution in [0.2, 0.25) is 0 Å². The van der Waals surface area contributed by atoms with Crippen molar-refractivity contribution >= 4 is 41.9 Å². The molecule has 1 saturated heterocycles. The molecule has 2 unspecified atom stereocenters. The van der Waals surface area contributed by atoms with E-state index in [1.807, 2.05) is 42.5 Å². The number of nitrogens with one attached hydrogen (secondary N) is 1. The molecule has 7 nitrogen and oxygen atoms in total. The molecule has 9 heteroatoms. The van der Waals surface area contributed by atoms with Gasteiger partial charge in [-0.2, -0.15) is 0 Å². The summed E-state index contributed by atoms with van der Waals surface area (Å²) in [5, 5.41) is 5.51. The number of thioether (sulfide) groups is 1. The third-order valence-corrected chi connectivity index (χ3v) is 8.91. The SMILES string of the molecule is O=C(NC(Cc1ccc2ccccc2c1)c1ccccc1)C1CCCCN1C(=O)CSCP(=O)(O)O. The van der Waals surface area contributed by atoms with Gasteiger partial charge in [-0.05, 0) is 47.6 Å². The zero-order chi connectivity index (χ0) is 25.5. The maximum Gasteiger partial charge on any atom is 0.335 e. The molecule has 0 spiro atoms. The number of rotatable bonds is 9. The summed E-state index contributed by atoms with van der Waals surface area (Å²) in [5.41, 5.74) is 1.68. The Bertz CT molecular complexity index is 1250. The van der Waals surface area contributed by atoms with E-state index in [1.54, 1.807) is 4.90 Å². The fourth-order valence-electron chi connectivity index (χ4n) is 4.64. The highest BCUT2D eigenvalue weighted by Gasteiger charge is 2.33. The highest BCUT2D eigenvalue weighted by molar-refractivity contribution is 8.04. The Balaban J connectivity index is 1.49. The van der Waals surface area contributed by atoms with Gasteiger partial charge in [-0.1, -0.05) is 72.8 Å². The molecule has 2 atom stereocenters. The van der Waals surface area contributed by atoms with Gasteiger partial charge in [0.05, 0.1) is 17.3 Å². The number of hydrogen-bond donors (Lipinski definition) is 3. The lowest BCUT2D eigenvalue weighted by atomic mass is 9.95. The van der Waals surface area contributed by atoms with Gasteiger partial charge in [0.1, 0.15) is 6.04 Å². The predicted molar refractivity (Wildman–Crippen MR) is 144 cm³/mol. The first-order valence-corrected chi connectivity index (χ1v) is 15.0. The first kappa shape index (κ1) is 26.4. The third kappa shape index (κ3) is 7.20. The lowest BCUT2D eigenvalue weighted by Gasteiger charge is -2.35. The van der Waals surface area contributed by atoms with E-state index < -0.39 is 19.1 Å². The van der Waals surface area contributed by atoms with Crippen LogP contribution in [0.15, 0.2) is 72.8 Å². The Hall–Kier alpha value is -2.64. The number of piperidine rings is 1. The molecular weight excluding hydrogens is 495 g/mol. The topological polar surface area (TPSA) is 107 Å². The Morgan fingerprint density at radius 2 is 1.72 bits per heavy atom. The van der Waals surface area contributed by atoms with Gasteiger partial charge in [0, 0.05) is 6.54 Å². The van der Waals surface area contributed by atoms with Crippen LogP contribution in [0.25, 0.3) is 10.8 Å². The maximum absolute atomic E-state index is 13.5. The summed E-state index contributed by atoms with van der Waals surface area (Å²) in [7, 11) is -4.19. The molecule has 1 aliphatic heterocycles. The number of carbonyl (C=O) groups is 2. The first-order chi connectivity index (χ1) is 17.3. The van der Waals surface area contributed by atoms with Crippen molar-refractivity contribution in [2.24, 2.45) is 0 Å². The van der Waals surface area contributed by atoms with Crippen LogP contribution in [0.5, 0.6) is 0 Å². The Morgan fingerprint density at radius 1 is 1.00 bits per heavy atom. The van der Waals surface area contributed by atoms with Crippen molar-refractivity contribution in [1.29, 1.82) is 0 Å². The molecule has 36 heavy (non-hydrogen) atoms. The molecule has 1 fully saturated rings. The van der Waals surface area contributed by atoms with E-state index in [0.29, 0.717) is 19.4 Å². The molecule has 190 valence electrons. The molecule has 2 amide bonds. The van der Waals surface area contributed by atoms with Gasteiger partial charge in [0.25, 0.3) is 0 Å². The number of fused-ring (bicyclic) bond motifs is 1. The van der Waals surface area contributed by atoms with Gasteiger partial charge in [-0.3, -0.25) is 14.2 Å². The summed E-state index contributed by atoms with van der Waals surface area (Å²) in [6.45, 7) is 0.466. The van der Waals surface area contributed by atoms with Gasteiger partial charge in [0.2, 0.25) is 11.8 Å². The zero-order valence-electron chi connectivity index (χ0n) is 20.0. The van der Waals surface area contributed by atoms with Crippen molar-refractivity contribution in [3.63, 3.8) is 0 Å². The fourth-order valence-corrected chi connectivity index (χ4v) is 6.30. The molecule has 1 aliphatic rings. The number of nitrogens with zero attached hydrogens (tertiary/aromatic N) is 1. The molecule has 1 heterocycles. The molecule has 0 bridgehead atoms. The minimum absolute atomic E-state index is 0.0614. The average molecular weight is 527 g/mol. The number of carbonyl (C=O) groups excluding carboxylic acids is 2. The van der Waals surface area contributed by atoms with Crippen LogP contribution in [-0.2, 0) is 20.6 Å². The Labute approximate surface area is 215 Å². The van der Waals surface area contributed by atoms with E-state index in [-0.39, 0.29) is 23.6 Å². The molecule has 0 aliphatic carbocycles. The van der Waals surface area contributed by atoms with Crippen molar-refractivity contribution in [2.45, 2.75) is 37.8 Å². The quantitative estimate of drug-likeness (QED) is 0.355. The number of hydrogen-bond acceptors (Lipinski definition) is 4. The zero-order valence-corrected chi connectivity index (χ0v) is 21.7. The van der Waals surface area contributed by atoms with Gasteiger partial charge in [-0.15, -0.1) is 11.8 Å². The molecule has 0 aromatic heterocycles. The minimum Gasteiger partial charge on any atom is -0.347 e. The normalized spacial score (nSPS) is 17.1. The summed E-state index contributed by atoms with van der Waals surface area (Å²) >= 11 is 0.903. The average Bonchev–Trinajstić information content (AvgIpc) is 2.88. The second kappa shape index (κ2) is 12.1. The molecule has 3 aromatic carbocycles. The van der Waals surface area contributed by atoms with Crippen LogP contribution < -0.4 is 5.32 Å². The fraction of sp³-hybridized carbons (Fsp3) is 0.333. The second-order valence-electron chi connectivity index (χ2n) is 9.10. The highest BCUT2D eigenvalue weighted by Crippen LogP contribution is 2.38. The molecule has 3 aromatic rings. The van der Waals surface area contributed by atoms with Crippen LogP contribution in [-0.4, -0.2) is 50.3 Å². The van der Waals surface area contributed by atoms with Crippen LogP contribution in [0.3, 0.4) is 0 Å². The van der Waals surface area contributed by atoms with Crippen molar-refractivity contribution < 1.29 is 23.9 Å². The van der Waals surface area contributed by atoms with E-state index >= 15 is 0 Å². The van der Waals surface area contributed by atoms with Crippen LogP contribution >= 0.6 is 19.4 Å². The van der Waals surface area contributed by atoms with E-state index in [1.165, 1.54) is 0 Å². The van der Waals surface area contributed by atoms with Crippen molar-refractivity contribution in [3.8, 4) is 0 Å². The molecule has 0 saturated carbocycles. The Kier molecular flexibility index (Phi) is 8.86. The minimum atomic E-state index is -4.19. The summed E-state index contributed by atoms with van der Waals surface area (Å²) in [5.74, 6) is -0.523. The monoisotopic (exact) mass is 526 g/mol. The van der Waals surface area contributed by atoms with Crippen molar-refractivity contribution in [1.82, 2.24) is 10.2 Å². The lowest BCUT2D eigenvalue weighted by molar-refractivity contribution is -0.140. The number of likely N-dealkylation sites (tertiary alicyclic amines) is 1. The molecular formula is C27H31N2O5PS. The largest absolute Gasteiger partial charge is 0.347 e. The van der Waals surface area contributed by atoms with Crippen LogP contribution in [0.4, 0.5) is 0 Å². The van der Waals surface area contributed by atoms with E-state index in [0.717, 1.165) is 46.5 Å². The summed E-state index contributed by atoms with van der Waals surface area (Å²) in [4.78, 5) is 46.0. The van der Waals surface area contributed by atoms with Gasteiger partial charge in [0.15, 0.2) is 0 Å². The number of amides is 2.